The fourth-order valence-electron chi connectivity index (χ4n) is 1.55. The van der Waals surface area contributed by atoms with Crippen LogP contribution in [0.4, 0.5) is 26.3 Å². The lowest BCUT2D eigenvalue weighted by atomic mass is 10.3. The number of hydrogen-bond acceptors (Lipinski definition) is 6. The highest BCUT2D eigenvalue weighted by atomic mass is 19.4. The van der Waals surface area contributed by atoms with Crippen molar-refractivity contribution >= 4 is 0 Å². The van der Waals surface area contributed by atoms with Gasteiger partial charge in [0.2, 0.25) is 11.8 Å². The lowest BCUT2D eigenvalue weighted by Crippen LogP contribution is -2.19. The van der Waals surface area contributed by atoms with Gasteiger partial charge >= 0.3 is 12.4 Å². The fraction of sp³-hybridized carbons (Fsp3) is 0.375. The molecule has 0 unspecified atom stereocenters. The van der Waals surface area contributed by atoms with Gasteiger partial charge < -0.3 is 20.9 Å². The number of nitrogens with zero attached hydrogens (tertiary/aromatic N) is 2. The maximum absolute atomic E-state index is 11.7. The average Bonchev–Trinajstić information content (AvgIpc) is 2.65. The van der Waals surface area contributed by atoms with Gasteiger partial charge in [0.1, 0.15) is 0 Å². The Morgan fingerprint density at radius 1 is 0.679 bits per heavy atom. The summed E-state index contributed by atoms with van der Waals surface area (Å²) >= 11 is 0. The van der Waals surface area contributed by atoms with Crippen LogP contribution in [0.15, 0.2) is 36.7 Å². The van der Waals surface area contributed by atoms with E-state index in [1.165, 1.54) is 24.5 Å². The molecule has 2 aromatic rings. The van der Waals surface area contributed by atoms with Crippen LogP contribution >= 0.6 is 0 Å². The molecule has 2 aromatic heterocycles. The molecule has 0 saturated heterocycles. The van der Waals surface area contributed by atoms with Gasteiger partial charge in [-0.25, -0.2) is 9.97 Å². The van der Waals surface area contributed by atoms with E-state index in [1.807, 2.05) is 0 Å². The van der Waals surface area contributed by atoms with Crippen molar-refractivity contribution in [3.8, 4) is 11.8 Å². The molecule has 0 bridgehead atoms. The Balaban J connectivity index is 0.000000280. The van der Waals surface area contributed by atoms with E-state index >= 15 is 0 Å². The summed E-state index contributed by atoms with van der Waals surface area (Å²) in [5.41, 5.74) is 12.0. The summed E-state index contributed by atoms with van der Waals surface area (Å²) in [6.45, 7) is -2.07. The van der Waals surface area contributed by atoms with Crippen LogP contribution in [0.5, 0.6) is 11.8 Å². The van der Waals surface area contributed by atoms with Crippen LogP contribution in [0, 0.1) is 0 Å². The second kappa shape index (κ2) is 10.7. The van der Waals surface area contributed by atoms with Crippen molar-refractivity contribution in [1.82, 2.24) is 9.97 Å². The molecule has 0 aliphatic rings. The normalized spacial score (nSPS) is 11.4. The van der Waals surface area contributed by atoms with Gasteiger partial charge in [0, 0.05) is 37.6 Å². The zero-order valence-electron chi connectivity index (χ0n) is 14.4. The first-order valence-corrected chi connectivity index (χ1v) is 7.71. The van der Waals surface area contributed by atoms with Crippen molar-refractivity contribution in [1.29, 1.82) is 0 Å². The lowest BCUT2D eigenvalue weighted by molar-refractivity contribution is -0.154. The van der Waals surface area contributed by atoms with Crippen LogP contribution in [-0.2, 0) is 13.1 Å². The van der Waals surface area contributed by atoms with E-state index in [1.54, 1.807) is 12.1 Å². The molecule has 0 fully saturated rings. The van der Waals surface area contributed by atoms with Gasteiger partial charge in [-0.2, -0.15) is 26.3 Å². The smallest absolute Gasteiger partial charge is 0.422 e. The number of aromatic nitrogens is 2. The van der Waals surface area contributed by atoms with E-state index < -0.39 is 25.6 Å². The molecule has 2 heterocycles. The largest absolute Gasteiger partial charge is 0.468 e. The highest BCUT2D eigenvalue weighted by Crippen LogP contribution is 2.17. The predicted octanol–water partition coefficient (Wildman–Crippen LogP) is 2.96. The third-order valence-electron chi connectivity index (χ3n) is 2.83. The van der Waals surface area contributed by atoms with Crippen LogP contribution in [0.3, 0.4) is 0 Å². The van der Waals surface area contributed by atoms with E-state index in [0.29, 0.717) is 13.1 Å². The van der Waals surface area contributed by atoms with Crippen LogP contribution < -0.4 is 20.9 Å². The van der Waals surface area contributed by atoms with Crippen LogP contribution in [0.25, 0.3) is 0 Å². The Morgan fingerprint density at radius 2 is 1.04 bits per heavy atom. The molecule has 156 valence electrons. The molecule has 6 nitrogen and oxygen atoms in total. The lowest BCUT2D eigenvalue weighted by Gasteiger charge is -2.08. The molecule has 0 radical (unpaired) electrons. The number of ether oxygens (including phenoxy) is 2. The summed E-state index contributed by atoms with van der Waals surface area (Å²) in [5, 5.41) is 0. The number of pyridine rings is 2. The molecule has 0 saturated carbocycles. The van der Waals surface area contributed by atoms with Gasteiger partial charge in [-0.1, -0.05) is 12.1 Å². The summed E-state index contributed by atoms with van der Waals surface area (Å²) in [6, 6.07) is 5.85. The number of nitrogens with two attached hydrogens (primary N) is 2. The zero-order chi connectivity index (χ0) is 21.2. The van der Waals surface area contributed by atoms with Crippen molar-refractivity contribution in [2.24, 2.45) is 11.5 Å². The first kappa shape index (κ1) is 23.4. The molecule has 0 amide bonds. The van der Waals surface area contributed by atoms with Gasteiger partial charge in [-0.15, -0.1) is 0 Å². The summed E-state index contributed by atoms with van der Waals surface area (Å²) in [5.74, 6) is -0.112. The minimum Gasteiger partial charge on any atom is -0.468 e. The minimum absolute atomic E-state index is 0.0560. The van der Waals surface area contributed by atoms with Crippen LogP contribution in [-0.4, -0.2) is 35.5 Å². The molecule has 0 aliphatic carbocycles. The molecule has 0 spiro atoms. The van der Waals surface area contributed by atoms with Gasteiger partial charge in [0.05, 0.1) is 0 Å². The monoisotopic (exact) mass is 412 g/mol. The molecule has 12 heteroatoms. The second-order valence-corrected chi connectivity index (χ2v) is 5.23. The number of hydrogen-bond donors (Lipinski definition) is 2. The quantitative estimate of drug-likeness (QED) is 0.709. The standard InChI is InChI=1S/2C8H9F3N2O/c2*9-8(10,11)5-14-7-2-1-6(3-12)4-13-7/h2*1-2,4H,3,5,12H2. The Bertz CT molecular complexity index is 629. The summed E-state index contributed by atoms with van der Waals surface area (Å²) in [6.07, 6.45) is -5.92. The van der Waals surface area contributed by atoms with Gasteiger partial charge in [-0.3, -0.25) is 0 Å². The highest BCUT2D eigenvalue weighted by Gasteiger charge is 2.29. The third kappa shape index (κ3) is 10.5. The highest BCUT2D eigenvalue weighted by molar-refractivity contribution is 5.18. The molecule has 0 aromatic carbocycles. The van der Waals surface area contributed by atoms with Crippen molar-refractivity contribution < 1.29 is 35.8 Å². The van der Waals surface area contributed by atoms with E-state index in [9.17, 15) is 26.3 Å². The molecular formula is C16H18F6N4O2. The Hall–Kier alpha value is -2.60. The fourth-order valence-corrected chi connectivity index (χ4v) is 1.55. The van der Waals surface area contributed by atoms with Crippen molar-refractivity contribution in [3.05, 3.63) is 47.8 Å². The first-order chi connectivity index (χ1) is 13.0. The average molecular weight is 412 g/mol. The molecule has 0 atom stereocenters. The van der Waals surface area contributed by atoms with Gasteiger partial charge in [0.25, 0.3) is 0 Å². The van der Waals surface area contributed by atoms with E-state index in [2.05, 4.69) is 19.4 Å². The molecule has 0 aliphatic heterocycles. The van der Waals surface area contributed by atoms with Crippen molar-refractivity contribution in [3.63, 3.8) is 0 Å². The van der Waals surface area contributed by atoms with Gasteiger partial charge in [-0.05, 0) is 11.1 Å². The number of alkyl halides is 6. The summed E-state index contributed by atoms with van der Waals surface area (Å²) in [7, 11) is 0. The molecule has 2 rings (SSSR count). The van der Waals surface area contributed by atoms with E-state index in [0.717, 1.165) is 11.1 Å². The van der Waals surface area contributed by atoms with E-state index in [-0.39, 0.29) is 11.8 Å². The Labute approximate surface area is 156 Å². The van der Waals surface area contributed by atoms with Gasteiger partial charge in [0.15, 0.2) is 13.2 Å². The first-order valence-electron chi connectivity index (χ1n) is 7.71. The number of halogens is 6. The summed E-state index contributed by atoms with van der Waals surface area (Å²) < 4.78 is 79.1. The topological polar surface area (TPSA) is 96.3 Å². The number of rotatable bonds is 6. The SMILES string of the molecule is NCc1ccc(OCC(F)(F)F)nc1.NCc1ccc(OCC(F)(F)F)nc1. The maximum atomic E-state index is 11.7. The molecule has 28 heavy (non-hydrogen) atoms. The van der Waals surface area contributed by atoms with Crippen molar-refractivity contribution in [2.75, 3.05) is 13.2 Å². The summed E-state index contributed by atoms with van der Waals surface area (Å²) in [4.78, 5) is 7.30. The second-order valence-electron chi connectivity index (χ2n) is 5.23. The predicted molar refractivity (Wildman–Crippen MR) is 87.4 cm³/mol. The Morgan fingerprint density at radius 3 is 1.25 bits per heavy atom. The zero-order valence-corrected chi connectivity index (χ0v) is 14.4. The van der Waals surface area contributed by atoms with Crippen LogP contribution in [0.1, 0.15) is 11.1 Å². The molecular weight excluding hydrogens is 394 g/mol. The minimum atomic E-state index is -4.34. The molecule has 4 N–H and O–H groups in total. The Kier molecular flexibility index (Phi) is 8.92. The van der Waals surface area contributed by atoms with Crippen molar-refractivity contribution in [2.45, 2.75) is 25.4 Å². The van der Waals surface area contributed by atoms with E-state index in [4.69, 9.17) is 11.5 Å². The maximum Gasteiger partial charge on any atom is 0.422 e. The van der Waals surface area contributed by atoms with Crippen LogP contribution in [0.2, 0.25) is 0 Å². The third-order valence-corrected chi connectivity index (χ3v) is 2.83.